The summed E-state index contributed by atoms with van der Waals surface area (Å²) in [4.78, 5) is 24.9. The molecule has 0 aromatic heterocycles. The number of nitrogens with zero attached hydrogens (tertiary/aromatic N) is 1. The van der Waals surface area contributed by atoms with Crippen molar-refractivity contribution in [1.29, 1.82) is 0 Å². The Bertz CT molecular complexity index is 346. The van der Waals surface area contributed by atoms with Crippen LogP contribution in [0.1, 0.15) is 45.4 Å². The molecule has 0 spiro atoms. The van der Waals surface area contributed by atoms with Crippen LogP contribution in [0.15, 0.2) is 0 Å². The predicted octanol–water partition coefficient (Wildman–Crippen LogP) is 1.23. The molecule has 2 heterocycles. The second-order valence-electron chi connectivity index (χ2n) is 5.75. The third-order valence-electron chi connectivity index (χ3n) is 4.41. The largest absolute Gasteiger partial charge is 0.480 e. The lowest BCUT2D eigenvalue weighted by Crippen LogP contribution is -2.57. The van der Waals surface area contributed by atoms with Crippen molar-refractivity contribution in [3.63, 3.8) is 0 Å². The standard InChI is InChI=1S/C14H24N2O3/c1-2-3-4-12(14(18)19)16-8-7-11-10(9-16)5-6-13(17)15-11/h10-12H,2-9H2,1H3,(H,15,17)(H,18,19). The second kappa shape index (κ2) is 6.37. The molecular formula is C14H24N2O3. The lowest BCUT2D eigenvalue weighted by atomic mass is 9.84. The molecule has 0 bridgehead atoms. The average Bonchev–Trinajstić information content (AvgIpc) is 2.39. The third kappa shape index (κ3) is 3.47. The van der Waals surface area contributed by atoms with Gasteiger partial charge in [0.15, 0.2) is 0 Å². The van der Waals surface area contributed by atoms with Crippen LogP contribution in [0, 0.1) is 5.92 Å². The number of hydrogen-bond donors (Lipinski definition) is 2. The number of carbonyl (C=O) groups excluding carboxylic acids is 1. The molecule has 2 aliphatic heterocycles. The number of carbonyl (C=O) groups is 2. The summed E-state index contributed by atoms with van der Waals surface area (Å²) >= 11 is 0. The Kier molecular flexibility index (Phi) is 4.80. The van der Waals surface area contributed by atoms with Gasteiger partial charge in [-0.3, -0.25) is 14.5 Å². The van der Waals surface area contributed by atoms with Gasteiger partial charge < -0.3 is 10.4 Å². The molecule has 19 heavy (non-hydrogen) atoms. The molecule has 3 unspecified atom stereocenters. The Morgan fingerprint density at radius 2 is 2.32 bits per heavy atom. The fourth-order valence-electron chi connectivity index (χ4n) is 3.28. The molecule has 2 N–H and O–H groups in total. The van der Waals surface area contributed by atoms with Gasteiger partial charge in [0.1, 0.15) is 6.04 Å². The van der Waals surface area contributed by atoms with Crippen molar-refractivity contribution in [2.75, 3.05) is 13.1 Å². The van der Waals surface area contributed by atoms with Crippen LogP contribution < -0.4 is 5.32 Å². The molecule has 2 rings (SSSR count). The number of piperidine rings is 2. The van der Waals surface area contributed by atoms with Crippen LogP contribution in [0.4, 0.5) is 0 Å². The van der Waals surface area contributed by atoms with E-state index in [1.54, 1.807) is 0 Å². The summed E-state index contributed by atoms with van der Waals surface area (Å²) in [5.74, 6) is -0.128. The number of unbranched alkanes of at least 4 members (excludes halogenated alkanes) is 1. The Hall–Kier alpha value is -1.10. The molecule has 0 radical (unpaired) electrons. The molecule has 2 fully saturated rings. The van der Waals surface area contributed by atoms with E-state index in [-0.39, 0.29) is 18.0 Å². The van der Waals surface area contributed by atoms with Crippen molar-refractivity contribution in [3.8, 4) is 0 Å². The maximum atomic E-state index is 11.4. The summed E-state index contributed by atoms with van der Waals surface area (Å²) in [6.45, 7) is 3.68. The quantitative estimate of drug-likeness (QED) is 0.787. The molecule has 3 atom stereocenters. The van der Waals surface area contributed by atoms with E-state index in [1.807, 2.05) is 0 Å². The van der Waals surface area contributed by atoms with E-state index < -0.39 is 5.97 Å². The zero-order valence-electron chi connectivity index (χ0n) is 11.6. The number of fused-ring (bicyclic) bond motifs is 1. The SMILES string of the molecule is CCCCC(C(=O)O)N1CCC2NC(=O)CCC2C1. The number of nitrogens with one attached hydrogen (secondary N) is 1. The van der Waals surface area contributed by atoms with Crippen LogP contribution in [0.25, 0.3) is 0 Å². The normalized spacial score (nSPS) is 29.4. The summed E-state index contributed by atoms with van der Waals surface area (Å²) in [7, 11) is 0. The summed E-state index contributed by atoms with van der Waals surface area (Å²) in [5, 5.41) is 12.4. The van der Waals surface area contributed by atoms with Crippen molar-refractivity contribution in [2.24, 2.45) is 5.92 Å². The van der Waals surface area contributed by atoms with Gasteiger partial charge in [-0.05, 0) is 25.2 Å². The zero-order chi connectivity index (χ0) is 13.8. The second-order valence-corrected chi connectivity index (χ2v) is 5.75. The number of rotatable bonds is 5. The number of hydrogen-bond acceptors (Lipinski definition) is 3. The van der Waals surface area contributed by atoms with Crippen molar-refractivity contribution in [3.05, 3.63) is 0 Å². The molecule has 1 amide bonds. The van der Waals surface area contributed by atoms with Gasteiger partial charge in [-0.1, -0.05) is 19.8 Å². The van der Waals surface area contributed by atoms with Crippen molar-refractivity contribution >= 4 is 11.9 Å². The molecular weight excluding hydrogens is 244 g/mol. The number of carboxylic acid groups (broad SMARTS) is 1. The van der Waals surface area contributed by atoms with Gasteiger partial charge >= 0.3 is 5.97 Å². The van der Waals surface area contributed by atoms with E-state index >= 15 is 0 Å². The van der Waals surface area contributed by atoms with E-state index in [4.69, 9.17) is 0 Å². The topological polar surface area (TPSA) is 69.6 Å². The van der Waals surface area contributed by atoms with Gasteiger partial charge in [0.05, 0.1) is 0 Å². The highest BCUT2D eigenvalue weighted by Gasteiger charge is 2.37. The number of carboxylic acids is 1. The van der Waals surface area contributed by atoms with Crippen LogP contribution in [0.2, 0.25) is 0 Å². The van der Waals surface area contributed by atoms with E-state index in [2.05, 4.69) is 17.1 Å². The first kappa shape index (κ1) is 14.3. The first-order chi connectivity index (χ1) is 9.11. The lowest BCUT2D eigenvalue weighted by Gasteiger charge is -2.43. The molecule has 0 aliphatic carbocycles. The molecule has 5 heteroatoms. The zero-order valence-corrected chi connectivity index (χ0v) is 11.6. The monoisotopic (exact) mass is 268 g/mol. The molecule has 2 saturated heterocycles. The Morgan fingerprint density at radius 3 is 3.00 bits per heavy atom. The van der Waals surface area contributed by atoms with Gasteiger partial charge in [-0.25, -0.2) is 0 Å². The van der Waals surface area contributed by atoms with Gasteiger partial charge in [0.2, 0.25) is 5.91 Å². The van der Waals surface area contributed by atoms with Crippen LogP contribution in [-0.4, -0.2) is 47.1 Å². The molecule has 108 valence electrons. The minimum Gasteiger partial charge on any atom is -0.480 e. The first-order valence-corrected chi connectivity index (χ1v) is 7.38. The third-order valence-corrected chi connectivity index (χ3v) is 4.41. The van der Waals surface area contributed by atoms with Gasteiger partial charge in [-0.2, -0.15) is 0 Å². The number of amides is 1. The Morgan fingerprint density at radius 1 is 1.53 bits per heavy atom. The van der Waals surface area contributed by atoms with Crippen LogP contribution in [0.5, 0.6) is 0 Å². The summed E-state index contributed by atoms with van der Waals surface area (Å²) < 4.78 is 0. The molecule has 0 aromatic rings. The van der Waals surface area contributed by atoms with Crippen LogP contribution in [0.3, 0.4) is 0 Å². The van der Waals surface area contributed by atoms with Crippen LogP contribution >= 0.6 is 0 Å². The molecule has 5 nitrogen and oxygen atoms in total. The predicted molar refractivity (Wildman–Crippen MR) is 71.8 cm³/mol. The lowest BCUT2D eigenvalue weighted by molar-refractivity contribution is -0.145. The first-order valence-electron chi connectivity index (χ1n) is 7.38. The minimum absolute atomic E-state index is 0.149. The fourth-order valence-corrected chi connectivity index (χ4v) is 3.28. The maximum absolute atomic E-state index is 11.4. The van der Waals surface area contributed by atoms with Crippen molar-refractivity contribution in [2.45, 2.75) is 57.5 Å². The van der Waals surface area contributed by atoms with Gasteiger partial charge in [0, 0.05) is 25.6 Å². The van der Waals surface area contributed by atoms with Gasteiger partial charge in [-0.15, -0.1) is 0 Å². The van der Waals surface area contributed by atoms with E-state index in [0.29, 0.717) is 12.3 Å². The number of aliphatic carboxylic acids is 1. The van der Waals surface area contributed by atoms with Crippen LogP contribution in [-0.2, 0) is 9.59 Å². The smallest absolute Gasteiger partial charge is 0.320 e. The molecule has 0 saturated carbocycles. The Labute approximate surface area is 114 Å². The summed E-state index contributed by atoms with van der Waals surface area (Å²) in [6, 6.07) is -0.0864. The summed E-state index contributed by atoms with van der Waals surface area (Å²) in [6.07, 6.45) is 5.08. The molecule has 0 aromatic carbocycles. The van der Waals surface area contributed by atoms with Crippen molar-refractivity contribution in [1.82, 2.24) is 10.2 Å². The number of likely N-dealkylation sites (tertiary alicyclic amines) is 1. The minimum atomic E-state index is -0.702. The highest BCUT2D eigenvalue weighted by molar-refractivity contribution is 5.77. The Balaban J connectivity index is 1.94. The van der Waals surface area contributed by atoms with E-state index in [0.717, 1.165) is 45.2 Å². The summed E-state index contributed by atoms with van der Waals surface area (Å²) in [5.41, 5.74) is 0. The van der Waals surface area contributed by atoms with Gasteiger partial charge in [0.25, 0.3) is 0 Å². The van der Waals surface area contributed by atoms with E-state index in [9.17, 15) is 14.7 Å². The molecule has 2 aliphatic rings. The van der Waals surface area contributed by atoms with E-state index in [1.165, 1.54) is 0 Å². The fraction of sp³-hybridized carbons (Fsp3) is 0.857. The van der Waals surface area contributed by atoms with Crippen molar-refractivity contribution < 1.29 is 14.7 Å². The highest BCUT2D eigenvalue weighted by atomic mass is 16.4. The maximum Gasteiger partial charge on any atom is 0.320 e. The highest BCUT2D eigenvalue weighted by Crippen LogP contribution is 2.27. The average molecular weight is 268 g/mol.